The van der Waals surface area contributed by atoms with Gasteiger partial charge in [0.15, 0.2) is 12.4 Å². The Morgan fingerprint density at radius 3 is 1.73 bits per heavy atom. The minimum Gasteiger partial charge on any atom is -0.544 e. The van der Waals surface area contributed by atoms with Gasteiger partial charge in [-0.1, -0.05) is 53.1 Å². The zero-order chi connectivity index (χ0) is 19.1. The van der Waals surface area contributed by atoms with Crippen LogP contribution in [0.1, 0.15) is 0 Å². The quantitative estimate of drug-likeness (QED) is 0.715. The first-order valence-corrected chi connectivity index (χ1v) is 12.6. The number of carboxylic acid groups (broad SMARTS) is 2. The first kappa shape index (κ1) is 21.7. The lowest BCUT2D eigenvalue weighted by Gasteiger charge is -2.03. The van der Waals surface area contributed by atoms with E-state index in [9.17, 15) is 14.7 Å². The normalized spacial score (nSPS) is 16.7. The molecular formula is C15H13NO4S6. The van der Waals surface area contributed by atoms with Crippen molar-refractivity contribution in [3.63, 3.8) is 0 Å². The third-order valence-electron chi connectivity index (χ3n) is 2.66. The average Bonchev–Trinajstić information content (AvgIpc) is 3.27. The number of aromatic nitrogens is 1. The van der Waals surface area contributed by atoms with Crippen LogP contribution in [0.2, 0.25) is 0 Å². The van der Waals surface area contributed by atoms with Crippen molar-refractivity contribution in [3.05, 3.63) is 57.4 Å². The van der Waals surface area contributed by atoms with Crippen molar-refractivity contribution in [2.45, 2.75) is 0 Å². The summed E-state index contributed by atoms with van der Waals surface area (Å²) in [7, 11) is 0. The van der Waals surface area contributed by atoms with E-state index >= 15 is 0 Å². The maximum absolute atomic E-state index is 11.1. The fourth-order valence-electron chi connectivity index (χ4n) is 1.61. The number of hydrogen-bond acceptors (Lipinski definition) is 9. The molecule has 0 aromatic carbocycles. The first-order valence-electron chi connectivity index (χ1n) is 6.85. The molecule has 1 aromatic heterocycles. The van der Waals surface area contributed by atoms with E-state index in [0.29, 0.717) is 4.24 Å². The number of aromatic amines is 1. The number of aliphatic carboxylic acids is 2. The van der Waals surface area contributed by atoms with Gasteiger partial charge in [0.2, 0.25) is 0 Å². The zero-order valence-corrected chi connectivity index (χ0v) is 18.4. The molecule has 3 rings (SSSR count). The van der Waals surface area contributed by atoms with Crippen LogP contribution in [0.25, 0.3) is 0 Å². The molecule has 11 heteroatoms. The van der Waals surface area contributed by atoms with Gasteiger partial charge in [-0.25, -0.2) is 9.78 Å². The zero-order valence-electron chi connectivity index (χ0n) is 13.5. The fourth-order valence-corrected chi connectivity index (χ4v) is 9.24. The van der Waals surface area contributed by atoms with Crippen molar-refractivity contribution in [1.29, 1.82) is 0 Å². The topological polar surface area (TPSA) is 91.6 Å². The number of carbonyl (C=O) groups excluding carboxylic acids is 1. The molecule has 0 radical (unpaired) electrons. The van der Waals surface area contributed by atoms with E-state index in [1.54, 1.807) is 47.0 Å². The van der Waals surface area contributed by atoms with Crippen LogP contribution in [0, 0.1) is 0 Å². The molecule has 2 aliphatic rings. The fraction of sp³-hybridized carbons (Fsp3) is 0.133. The maximum Gasteiger partial charge on any atom is 0.343 e. The second kappa shape index (κ2) is 10.7. The van der Waals surface area contributed by atoms with Crippen molar-refractivity contribution < 1.29 is 24.8 Å². The van der Waals surface area contributed by atoms with Gasteiger partial charge in [0.05, 0.1) is 27.8 Å². The maximum atomic E-state index is 11.1. The lowest BCUT2D eigenvalue weighted by atomic mass is 10.5. The van der Waals surface area contributed by atoms with Crippen molar-refractivity contribution in [2.24, 2.45) is 0 Å². The second-order valence-corrected chi connectivity index (χ2v) is 11.0. The molecule has 3 heterocycles. The van der Waals surface area contributed by atoms with Crippen LogP contribution in [0.15, 0.2) is 57.4 Å². The molecule has 0 fully saturated rings. The van der Waals surface area contributed by atoms with Crippen LogP contribution in [0.3, 0.4) is 0 Å². The predicted molar refractivity (Wildman–Crippen MR) is 114 cm³/mol. The summed E-state index contributed by atoms with van der Waals surface area (Å²) in [5.74, 6) is -2.67. The van der Waals surface area contributed by atoms with Crippen LogP contribution in [0.5, 0.6) is 0 Å². The molecule has 2 N–H and O–H groups in total. The first-order chi connectivity index (χ1) is 12.5. The third kappa shape index (κ3) is 5.70. The van der Waals surface area contributed by atoms with E-state index in [1.807, 2.05) is 43.1 Å². The third-order valence-corrected chi connectivity index (χ3v) is 11.0. The number of carboxylic acids is 2. The van der Waals surface area contributed by atoms with Crippen LogP contribution in [-0.4, -0.2) is 29.6 Å². The van der Waals surface area contributed by atoms with Crippen LogP contribution in [0.4, 0.5) is 0 Å². The van der Waals surface area contributed by atoms with Crippen molar-refractivity contribution in [3.8, 4) is 0 Å². The molecule has 26 heavy (non-hydrogen) atoms. The van der Waals surface area contributed by atoms with E-state index in [4.69, 9.17) is 5.11 Å². The Kier molecular flexibility index (Phi) is 8.91. The minimum atomic E-state index is -1.44. The molecule has 0 saturated carbocycles. The Balaban J connectivity index is 0.000000342. The Hall–Kier alpha value is -0.590. The molecule has 0 atom stereocenters. The van der Waals surface area contributed by atoms with E-state index in [-0.39, 0.29) is 9.81 Å². The summed E-state index contributed by atoms with van der Waals surface area (Å²) in [6.07, 6.45) is 7.71. The van der Waals surface area contributed by atoms with E-state index in [0.717, 1.165) is 36.2 Å². The summed E-state index contributed by atoms with van der Waals surface area (Å²) >= 11 is 8.34. The van der Waals surface area contributed by atoms with Gasteiger partial charge in [0.1, 0.15) is 4.91 Å². The molecule has 0 amide bonds. The number of nitrogens with one attached hydrogen (secondary N) is 1. The number of H-pyrrole nitrogens is 1. The number of carbonyl (C=O) groups is 2. The summed E-state index contributed by atoms with van der Waals surface area (Å²) in [6, 6.07) is 5.86. The molecular weight excluding hydrogens is 451 g/mol. The van der Waals surface area contributed by atoms with Crippen LogP contribution >= 0.6 is 70.6 Å². The molecule has 0 saturated heterocycles. The molecule has 0 unspecified atom stereocenters. The Labute approximate surface area is 176 Å². The highest BCUT2D eigenvalue weighted by atomic mass is 32.3. The highest BCUT2D eigenvalue weighted by Crippen LogP contribution is 2.62. The number of rotatable bonds is 4. The van der Waals surface area contributed by atoms with Crippen LogP contribution < -0.4 is 10.1 Å². The molecule has 0 spiro atoms. The Morgan fingerprint density at radius 1 is 0.923 bits per heavy atom. The summed E-state index contributed by atoms with van der Waals surface area (Å²) in [6.45, 7) is 0. The van der Waals surface area contributed by atoms with Gasteiger partial charge in [-0.15, -0.1) is 23.5 Å². The largest absolute Gasteiger partial charge is 0.544 e. The lowest BCUT2D eigenvalue weighted by molar-refractivity contribution is -0.378. The Bertz CT molecular complexity index is 718. The van der Waals surface area contributed by atoms with Gasteiger partial charge >= 0.3 is 5.97 Å². The van der Waals surface area contributed by atoms with Gasteiger partial charge in [-0.3, -0.25) is 0 Å². The molecule has 1 aromatic rings. The minimum absolute atomic E-state index is 0.165. The molecule has 0 bridgehead atoms. The number of pyridine rings is 1. The molecule has 2 aliphatic heterocycles. The lowest BCUT2D eigenvalue weighted by Crippen LogP contribution is -2.24. The van der Waals surface area contributed by atoms with Crippen LogP contribution in [-0.2, 0) is 9.59 Å². The molecule has 5 nitrogen and oxygen atoms in total. The summed E-state index contributed by atoms with van der Waals surface area (Å²) in [4.78, 5) is 24.6. The SMILES string of the molecule is CSC1=C(SC)SC(=C2SC(C(=O)[O-])=C(C(=O)O)S2)S1.c1cc[nH+]cc1. The summed E-state index contributed by atoms with van der Waals surface area (Å²) in [5.41, 5.74) is 0. The highest BCUT2D eigenvalue weighted by molar-refractivity contribution is 8.42. The van der Waals surface area contributed by atoms with Gasteiger partial charge in [0, 0.05) is 12.1 Å². The number of hydrogen-bond donors (Lipinski definition) is 1. The summed E-state index contributed by atoms with van der Waals surface area (Å²) < 4.78 is 3.95. The molecule has 0 aliphatic carbocycles. The van der Waals surface area contributed by atoms with Gasteiger partial charge < -0.3 is 15.0 Å². The van der Waals surface area contributed by atoms with Gasteiger partial charge in [0.25, 0.3) is 0 Å². The monoisotopic (exact) mass is 463 g/mol. The number of thioether (sulfide) groups is 6. The van der Waals surface area contributed by atoms with Crippen molar-refractivity contribution >= 4 is 82.5 Å². The Morgan fingerprint density at radius 2 is 1.42 bits per heavy atom. The standard InChI is InChI=1S/C10H8O4S6.C5H5N/c1-15-7-8(16-2)20-10(19-7)9-17-3(5(11)12)4(18-9)6(13)14;1-2-4-6-5-3-1/h1-2H3,(H,11,12)(H,13,14);1-5H. The van der Waals surface area contributed by atoms with Gasteiger partial charge in [-0.05, 0) is 12.5 Å². The smallest absolute Gasteiger partial charge is 0.343 e. The van der Waals surface area contributed by atoms with E-state index < -0.39 is 11.9 Å². The van der Waals surface area contributed by atoms with E-state index in [2.05, 4.69) is 4.98 Å². The summed E-state index contributed by atoms with van der Waals surface area (Å²) in [5, 5.41) is 20.0. The molecule has 138 valence electrons. The van der Waals surface area contributed by atoms with E-state index in [1.165, 1.54) is 0 Å². The highest BCUT2D eigenvalue weighted by Gasteiger charge is 2.32. The predicted octanol–water partition coefficient (Wildman–Crippen LogP) is 3.47. The van der Waals surface area contributed by atoms with Crippen molar-refractivity contribution in [2.75, 3.05) is 12.5 Å². The van der Waals surface area contributed by atoms with Gasteiger partial charge in [-0.2, -0.15) is 0 Å². The average molecular weight is 464 g/mol. The van der Waals surface area contributed by atoms with Crippen molar-refractivity contribution in [1.82, 2.24) is 0 Å². The second-order valence-electron chi connectivity index (χ2n) is 4.29.